The molecule has 0 saturated carbocycles. The fourth-order valence-electron chi connectivity index (χ4n) is 3.09. The predicted molar refractivity (Wildman–Crippen MR) is 119 cm³/mol. The average Bonchev–Trinajstić information content (AvgIpc) is 2.66. The van der Waals surface area contributed by atoms with Gasteiger partial charge in [-0.05, 0) is 57.0 Å². The number of rotatable bonds is 9. The lowest BCUT2D eigenvalue weighted by Crippen LogP contribution is -2.51. The number of aryl methyl sites for hydroxylation is 2. The average molecular weight is 435 g/mol. The van der Waals surface area contributed by atoms with Crippen LogP contribution in [0.3, 0.4) is 0 Å². The number of carbonyl (C=O) groups excluding carboxylic acids is 1. The number of hydrogen-bond donors (Lipinski definition) is 1. The van der Waals surface area contributed by atoms with Gasteiger partial charge in [-0.15, -0.1) is 0 Å². The van der Waals surface area contributed by atoms with E-state index < -0.39 is 22.0 Å². The zero-order chi connectivity index (χ0) is 22.5. The molecule has 2 atom stereocenters. The molecule has 0 aromatic heterocycles. The van der Waals surface area contributed by atoms with E-state index in [0.29, 0.717) is 11.4 Å². The molecule has 2 rings (SSSR count). The fraction of sp³-hybridized carbons (Fsp3) is 0.409. The van der Waals surface area contributed by atoms with E-state index in [9.17, 15) is 13.2 Å². The summed E-state index contributed by atoms with van der Waals surface area (Å²) in [6.07, 6.45) is 1.07. The van der Waals surface area contributed by atoms with Gasteiger partial charge in [0.25, 0.3) is 0 Å². The molecular formula is C22H30N2O5S. The van der Waals surface area contributed by atoms with Crippen LogP contribution in [0.2, 0.25) is 0 Å². The number of sulfonamides is 1. The molecule has 30 heavy (non-hydrogen) atoms. The molecule has 0 aliphatic carbocycles. The van der Waals surface area contributed by atoms with E-state index >= 15 is 0 Å². The van der Waals surface area contributed by atoms with Crippen LogP contribution in [0, 0.1) is 13.8 Å². The van der Waals surface area contributed by atoms with Gasteiger partial charge in [0.2, 0.25) is 15.9 Å². The molecule has 0 heterocycles. The Kier molecular flexibility index (Phi) is 7.72. The maximum atomic E-state index is 12.9. The molecule has 0 saturated heterocycles. The van der Waals surface area contributed by atoms with Gasteiger partial charge in [0.05, 0.1) is 25.1 Å². The lowest BCUT2D eigenvalue weighted by Gasteiger charge is -2.30. The number of benzene rings is 2. The Morgan fingerprint density at radius 2 is 1.77 bits per heavy atom. The van der Waals surface area contributed by atoms with Gasteiger partial charge in [-0.1, -0.05) is 24.3 Å². The minimum Gasteiger partial charge on any atom is -0.495 e. The Bertz CT molecular complexity index is 991. The van der Waals surface area contributed by atoms with Crippen molar-refractivity contribution in [1.29, 1.82) is 0 Å². The van der Waals surface area contributed by atoms with Crippen molar-refractivity contribution in [1.82, 2.24) is 5.32 Å². The van der Waals surface area contributed by atoms with Gasteiger partial charge >= 0.3 is 0 Å². The third kappa shape index (κ3) is 5.89. The van der Waals surface area contributed by atoms with Gasteiger partial charge in [0.15, 0.2) is 0 Å². The van der Waals surface area contributed by atoms with Crippen molar-refractivity contribution < 1.29 is 22.7 Å². The van der Waals surface area contributed by atoms with E-state index in [4.69, 9.17) is 9.47 Å². The Balaban J connectivity index is 2.16. The molecule has 0 radical (unpaired) electrons. The molecule has 0 aliphatic rings. The Labute approximate surface area is 179 Å². The van der Waals surface area contributed by atoms with Gasteiger partial charge in [0.1, 0.15) is 24.1 Å². The van der Waals surface area contributed by atoms with E-state index in [2.05, 4.69) is 5.32 Å². The van der Waals surface area contributed by atoms with Crippen LogP contribution in [0.5, 0.6) is 11.5 Å². The van der Waals surface area contributed by atoms with Gasteiger partial charge in [-0.3, -0.25) is 9.10 Å². The molecule has 164 valence electrons. The van der Waals surface area contributed by atoms with Crippen molar-refractivity contribution in [2.75, 3.05) is 24.3 Å². The zero-order valence-corrected chi connectivity index (χ0v) is 19.1. The molecular weight excluding hydrogens is 404 g/mol. The monoisotopic (exact) mass is 434 g/mol. The number of nitrogens with one attached hydrogen (secondary N) is 1. The van der Waals surface area contributed by atoms with Crippen LogP contribution in [0.1, 0.15) is 25.0 Å². The van der Waals surface area contributed by atoms with Crippen molar-refractivity contribution in [3.05, 3.63) is 53.6 Å². The second-order valence-electron chi connectivity index (χ2n) is 7.40. The summed E-state index contributed by atoms with van der Waals surface area (Å²) in [6.45, 7) is 7.41. The lowest BCUT2D eigenvalue weighted by atomic mass is 10.2. The standard InChI is InChI=1S/C22H30N2O5S/c1-15-11-12-21(28-5)19(13-15)24(30(6,26)27)18(4)22(25)23-17(3)14-29-20-10-8-7-9-16(20)2/h7-13,17-18H,14H2,1-6H3,(H,23,25)/t17-,18-/m0/s1. The van der Waals surface area contributed by atoms with Crippen molar-refractivity contribution in [3.8, 4) is 11.5 Å². The second kappa shape index (κ2) is 9.84. The number of amides is 1. The molecule has 1 N–H and O–H groups in total. The third-order valence-corrected chi connectivity index (χ3v) is 5.86. The first kappa shape index (κ1) is 23.5. The maximum Gasteiger partial charge on any atom is 0.243 e. The van der Waals surface area contributed by atoms with Gasteiger partial charge in [0, 0.05) is 0 Å². The lowest BCUT2D eigenvalue weighted by molar-refractivity contribution is -0.122. The summed E-state index contributed by atoms with van der Waals surface area (Å²) in [7, 11) is -2.28. The summed E-state index contributed by atoms with van der Waals surface area (Å²) in [5.41, 5.74) is 2.18. The summed E-state index contributed by atoms with van der Waals surface area (Å²) in [6, 6.07) is 11.5. The normalized spacial score (nSPS) is 13.3. The second-order valence-corrected chi connectivity index (χ2v) is 9.26. The largest absolute Gasteiger partial charge is 0.495 e. The molecule has 1 amide bonds. The molecule has 7 nitrogen and oxygen atoms in total. The molecule has 0 fully saturated rings. The number of ether oxygens (including phenoxy) is 2. The van der Waals surface area contributed by atoms with Crippen LogP contribution < -0.4 is 19.1 Å². The number of nitrogens with zero attached hydrogens (tertiary/aromatic N) is 1. The predicted octanol–water partition coefficient (Wildman–Crippen LogP) is 3.05. The van der Waals surface area contributed by atoms with Crippen LogP contribution in [0.25, 0.3) is 0 Å². The first-order valence-electron chi connectivity index (χ1n) is 9.67. The summed E-state index contributed by atoms with van der Waals surface area (Å²) >= 11 is 0. The SMILES string of the molecule is COc1ccc(C)cc1N([C@@H](C)C(=O)N[C@@H](C)COc1ccccc1C)S(C)(=O)=O. The van der Waals surface area contributed by atoms with Gasteiger partial charge in [-0.2, -0.15) is 0 Å². The van der Waals surface area contributed by atoms with E-state index in [1.165, 1.54) is 7.11 Å². The zero-order valence-electron chi connectivity index (χ0n) is 18.3. The molecule has 8 heteroatoms. The molecule has 2 aromatic rings. The summed E-state index contributed by atoms with van der Waals surface area (Å²) in [5, 5.41) is 2.83. The number of hydrogen-bond acceptors (Lipinski definition) is 5. The molecule has 0 bridgehead atoms. The van der Waals surface area contributed by atoms with Crippen molar-refractivity contribution >= 4 is 21.6 Å². The Morgan fingerprint density at radius 3 is 2.37 bits per heavy atom. The first-order valence-corrected chi connectivity index (χ1v) is 11.5. The molecule has 0 spiro atoms. The molecule has 0 unspecified atom stereocenters. The number of para-hydroxylation sites is 1. The summed E-state index contributed by atoms with van der Waals surface area (Å²) in [4.78, 5) is 12.9. The van der Waals surface area contributed by atoms with Crippen molar-refractivity contribution in [2.24, 2.45) is 0 Å². The van der Waals surface area contributed by atoms with E-state index in [1.807, 2.05) is 44.2 Å². The Hall–Kier alpha value is -2.74. The maximum absolute atomic E-state index is 12.9. The van der Waals surface area contributed by atoms with E-state index in [1.54, 1.807) is 26.0 Å². The number of methoxy groups -OCH3 is 1. The topological polar surface area (TPSA) is 84.9 Å². The quantitative estimate of drug-likeness (QED) is 0.656. The highest BCUT2D eigenvalue weighted by Gasteiger charge is 2.32. The summed E-state index contributed by atoms with van der Waals surface area (Å²) < 4.78 is 37.3. The molecule has 2 aromatic carbocycles. The number of anilines is 1. The van der Waals surface area contributed by atoms with Crippen LogP contribution in [-0.2, 0) is 14.8 Å². The Morgan fingerprint density at radius 1 is 1.10 bits per heavy atom. The van der Waals surface area contributed by atoms with Crippen LogP contribution >= 0.6 is 0 Å². The van der Waals surface area contributed by atoms with Crippen LogP contribution in [0.15, 0.2) is 42.5 Å². The highest BCUT2D eigenvalue weighted by atomic mass is 32.2. The highest BCUT2D eigenvalue weighted by molar-refractivity contribution is 7.92. The first-order chi connectivity index (χ1) is 14.0. The van der Waals surface area contributed by atoms with E-state index in [0.717, 1.165) is 27.4 Å². The minimum absolute atomic E-state index is 0.260. The third-order valence-electron chi connectivity index (χ3n) is 4.63. The van der Waals surface area contributed by atoms with E-state index in [-0.39, 0.29) is 12.6 Å². The van der Waals surface area contributed by atoms with Gasteiger partial charge < -0.3 is 14.8 Å². The fourth-order valence-corrected chi connectivity index (χ4v) is 4.26. The highest BCUT2D eigenvalue weighted by Crippen LogP contribution is 2.32. The van der Waals surface area contributed by atoms with Crippen LogP contribution in [0.4, 0.5) is 5.69 Å². The smallest absolute Gasteiger partial charge is 0.243 e. The minimum atomic E-state index is -3.75. The molecule has 0 aliphatic heterocycles. The summed E-state index contributed by atoms with van der Waals surface area (Å²) in [5.74, 6) is 0.695. The van der Waals surface area contributed by atoms with Crippen molar-refractivity contribution in [3.63, 3.8) is 0 Å². The van der Waals surface area contributed by atoms with Crippen LogP contribution in [-0.4, -0.2) is 46.4 Å². The number of carbonyl (C=O) groups is 1. The van der Waals surface area contributed by atoms with Crippen molar-refractivity contribution in [2.45, 2.75) is 39.8 Å². The van der Waals surface area contributed by atoms with Gasteiger partial charge in [-0.25, -0.2) is 8.42 Å².